The molecule has 0 unspecified atom stereocenters. The van der Waals surface area contributed by atoms with E-state index in [0.717, 1.165) is 0 Å². The maximum atomic E-state index is 11.5. The molecule has 2 aliphatic rings. The van der Waals surface area contributed by atoms with E-state index in [0.29, 0.717) is 36.4 Å². The summed E-state index contributed by atoms with van der Waals surface area (Å²) >= 11 is 0. The van der Waals surface area contributed by atoms with Crippen molar-refractivity contribution >= 4 is 11.7 Å². The Morgan fingerprint density at radius 3 is 2.38 bits per heavy atom. The Morgan fingerprint density at radius 1 is 1.12 bits per heavy atom. The van der Waals surface area contributed by atoms with Crippen LogP contribution in [0.5, 0.6) is 0 Å². The maximum absolute atomic E-state index is 11.5. The average Bonchev–Trinajstić information content (AvgIpc) is 3.02. The van der Waals surface area contributed by atoms with Crippen LogP contribution in [0.3, 0.4) is 0 Å². The first-order chi connectivity index (χ1) is 20.4. The first kappa shape index (κ1) is 41.3. The summed E-state index contributed by atoms with van der Waals surface area (Å²) in [4.78, 5) is 18.3. The number of amides is 1. The fourth-order valence-electron chi connectivity index (χ4n) is 3.93. The van der Waals surface area contributed by atoms with Crippen molar-refractivity contribution in [3.05, 3.63) is 60.2 Å². The van der Waals surface area contributed by atoms with Crippen molar-refractivity contribution in [2.75, 3.05) is 59.7 Å². The highest BCUT2D eigenvalue weighted by Gasteiger charge is 2.19. The highest BCUT2D eigenvalue weighted by Crippen LogP contribution is 2.14. The molecule has 0 spiro atoms. The van der Waals surface area contributed by atoms with Crippen molar-refractivity contribution < 1.29 is 14.3 Å². The number of hydrogen-bond acceptors (Lipinski definition) is 8. The van der Waals surface area contributed by atoms with E-state index in [1.54, 1.807) is 37.1 Å². The van der Waals surface area contributed by atoms with E-state index in [9.17, 15) is 4.79 Å². The number of likely N-dealkylation sites (N-methyl/N-ethyl adjacent to an activating group) is 1. The van der Waals surface area contributed by atoms with Crippen molar-refractivity contribution in [1.29, 1.82) is 0 Å². The molecule has 9 nitrogen and oxygen atoms in total. The third-order valence-corrected chi connectivity index (χ3v) is 5.81. The van der Waals surface area contributed by atoms with Crippen molar-refractivity contribution in [3.8, 4) is 0 Å². The number of hydrogen-bond donors (Lipinski definition) is 4. The van der Waals surface area contributed by atoms with E-state index in [2.05, 4.69) is 59.3 Å². The summed E-state index contributed by atoms with van der Waals surface area (Å²) in [6.07, 6.45) is 16.5. The second kappa shape index (κ2) is 29.6. The minimum atomic E-state index is -0.177. The molecule has 0 radical (unpaired) electrons. The third kappa shape index (κ3) is 20.9. The number of carbonyl (C=O) groups is 1. The summed E-state index contributed by atoms with van der Waals surface area (Å²) in [5.74, 6) is 1.07. The van der Waals surface area contributed by atoms with E-state index in [-0.39, 0.29) is 25.7 Å². The second-order valence-electron chi connectivity index (χ2n) is 9.33. The van der Waals surface area contributed by atoms with Crippen LogP contribution in [-0.4, -0.2) is 76.4 Å². The number of allylic oxidation sites excluding steroid dienone is 5. The molecular formula is C33H62N6O3. The molecule has 2 rings (SSSR count). The fraction of sp³-hybridized carbons (Fsp3) is 0.636. The number of aliphatic imine (C=N–C) groups is 1. The molecule has 9 heteroatoms. The topological polar surface area (TPSA) is 113 Å². The minimum absolute atomic E-state index is 0.0690. The Hall–Kier alpha value is -2.88. The van der Waals surface area contributed by atoms with E-state index >= 15 is 0 Å². The number of rotatable bonds is 14. The molecule has 2 aliphatic heterocycles. The number of amidine groups is 1. The van der Waals surface area contributed by atoms with Crippen molar-refractivity contribution in [1.82, 2.24) is 20.9 Å². The zero-order chi connectivity index (χ0) is 32.0. The molecule has 0 aliphatic carbocycles. The minimum Gasteiger partial charge on any atom is -0.499 e. The molecule has 0 aromatic rings. The van der Waals surface area contributed by atoms with Gasteiger partial charge in [-0.1, -0.05) is 91.3 Å². The summed E-state index contributed by atoms with van der Waals surface area (Å²) in [5.41, 5.74) is 8.52. The molecule has 242 valence electrons. The molecule has 0 saturated carbocycles. The monoisotopic (exact) mass is 590 g/mol. The molecule has 5 N–H and O–H groups in total. The van der Waals surface area contributed by atoms with E-state index < -0.39 is 0 Å². The zero-order valence-electron chi connectivity index (χ0n) is 27.9. The lowest BCUT2D eigenvalue weighted by Gasteiger charge is -2.27. The zero-order valence-corrected chi connectivity index (χ0v) is 27.9. The molecule has 0 atom stereocenters. The Kier molecular flexibility index (Phi) is 29.1. The largest absolute Gasteiger partial charge is 0.499 e. The van der Waals surface area contributed by atoms with Crippen LogP contribution in [0.1, 0.15) is 74.1 Å². The van der Waals surface area contributed by atoms with Gasteiger partial charge in [0.1, 0.15) is 31.4 Å². The molecule has 0 aromatic carbocycles. The van der Waals surface area contributed by atoms with Gasteiger partial charge in [0, 0.05) is 20.1 Å². The maximum Gasteiger partial charge on any atom is 0.246 e. The Labute approximate surface area is 257 Å². The average molecular weight is 591 g/mol. The first-order valence-electron chi connectivity index (χ1n) is 15.7. The Balaban J connectivity index is 0. The van der Waals surface area contributed by atoms with Gasteiger partial charge in [0.15, 0.2) is 0 Å². The van der Waals surface area contributed by atoms with Crippen LogP contribution in [0.2, 0.25) is 0 Å². The summed E-state index contributed by atoms with van der Waals surface area (Å²) in [6.45, 7) is 23.6. The molecule has 1 fully saturated rings. The van der Waals surface area contributed by atoms with Crippen molar-refractivity contribution in [3.63, 3.8) is 0 Å². The van der Waals surface area contributed by atoms with Gasteiger partial charge >= 0.3 is 0 Å². The van der Waals surface area contributed by atoms with Gasteiger partial charge in [-0.15, -0.1) is 0 Å². The number of carbonyl (C=O) groups excluding carboxylic acids is 1. The SMILES string of the molecule is C=C/C=C\C=C\OCCOCNC1=NCC(=O)N/C1=C(\CN)NC.CC.CC.CC/C(=C\C(C)C)CN1CCCCC1. The lowest BCUT2D eigenvalue weighted by Crippen LogP contribution is -2.44. The normalized spacial score (nSPS) is 16.7. The van der Waals surface area contributed by atoms with Crippen molar-refractivity contribution in [2.24, 2.45) is 16.6 Å². The van der Waals surface area contributed by atoms with Crippen LogP contribution in [-0.2, 0) is 14.3 Å². The Morgan fingerprint density at radius 2 is 1.81 bits per heavy atom. The second-order valence-corrected chi connectivity index (χ2v) is 9.33. The van der Waals surface area contributed by atoms with Gasteiger partial charge < -0.3 is 31.2 Å². The number of ether oxygens (including phenoxy) is 2. The van der Waals surface area contributed by atoms with E-state index in [1.807, 2.05) is 33.8 Å². The van der Waals surface area contributed by atoms with Crippen LogP contribution >= 0.6 is 0 Å². The number of nitrogens with one attached hydrogen (secondary N) is 3. The van der Waals surface area contributed by atoms with Crippen LogP contribution in [0, 0.1) is 5.92 Å². The highest BCUT2D eigenvalue weighted by molar-refractivity contribution is 6.05. The molecule has 42 heavy (non-hydrogen) atoms. The molecular weight excluding hydrogens is 528 g/mol. The molecule has 0 bridgehead atoms. The van der Waals surface area contributed by atoms with Gasteiger partial charge in [-0.25, -0.2) is 0 Å². The van der Waals surface area contributed by atoms with Gasteiger partial charge in [-0.05, 0) is 44.3 Å². The summed E-state index contributed by atoms with van der Waals surface area (Å²) in [5, 5.41) is 8.73. The first-order valence-corrected chi connectivity index (χ1v) is 15.7. The molecule has 2 heterocycles. The lowest BCUT2D eigenvalue weighted by molar-refractivity contribution is -0.119. The molecule has 0 aromatic heterocycles. The quantitative estimate of drug-likeness (QED) is 0.0718. The number of nitrogens with two attached hydrogens (primary N) is 1. The predicted octanol–water partition coefficient (Wildman–Crippen LogP) is 5.26. The van der Waals surface area contributed by atoms with Gasteiger partial charge in [0.25, 0.3) is 0 Å². The number of likely N-dealkylation sites (tertiary alicyclic amines) is 1. The van der Waals surface area contributed by atoms with Crippen LogP contribution in [0.15, 0.2) is 65.2 Å². The van der Waals surface area contributed by atoms with Gasteiger partial charge in [0.05, 0.1) is 18.6 Å². The Bertz CT molecular complexity index is 835. The summed E-state index contributed by atoms with van der Waals surface area (Å²) in [7, 11) is 1.74. The number of nitrogens with zero attached hydrogens (tertiary/aromatic N) is 2. The molecule has 1 amide bonds. The highest BCUT2D eigenvalue weighted by atomic mass is 16.5. The van der Waals surface area contributed by atoms with E-state index in [4.69, 9.17) is 15.2 Å². The van der Waals surface area contributed by atoms with E-state index in [1.165, 1.54) is 45.3 Å². The van der Waals surface area contributed by atoms with Crippen molar-refractivity contribution in [2.45, 2.75) is 74.1 Å². The van der Waals surface area contributed by atoms with Crippen LogP contribution < -0.4 is 21.7 Å². The molecule has 1 saturated heterocycles. The smallest absolute Gasteiger partial charge is 0.246 e. The predicted molar refractivity (Wildman–Crippen MR) is 180 cm³/mol. The summed E-state index contributed by atoms with van der Waals surface area (Å²) in [6, 6.07) is 0. The van der Waals surface area contributed by atoms with Gasteiger partial charge in [-0.3, -0.25) is 14.7 Å². The summed E-state index contributed by atoms with van der Waals surface area (Å²) < 4.78 is 10.7. The van der Waals surface area contributed by atoms with Crippen LogP contribution in [0.4, 0.5) is 0 Å². The fourth-order valence-corrected chi connectivity index (χ4v) is 3.93. The standard InChI is InChI=1S/C16H25N5O3.C13H25N.2C2H6/c1-3-4-5-6-7-23-8-9-24-12-20-16-15(13(10-17)18-2)21-14(22)11-19-16;1-4-13(10-12(2)3)11-14-8-6-5-7-9-14;2*1-2/h3-7,18H,1,8-12,17H2,2H3,(H,19,20)(H,21,22);10,12H,4-9,11H2,1-3H3;2*1-2H3/b5-4-,7-6+,15-13+;13-10+;;. The lowest BCUT2D eigenvalue weighted by atomic mass is 10.0. The van der Waals surface area contributed by atoms with Gasteiger partial charge in [0.2, 0.25) is 5.91 Å². The third-order valence-electron chi connectivity index (χ3n) is 5.81. The van der Waals surface area contributed by atoms with Gasteiger partial charge in [-0.2, -0.15) is 0 Å². The van der Waals surface area contributed by atoms with Crippen LogP contribution in [0.25, 0.3) is 0 Å². The number of piperidine rings is 1.